The number of benzene rings is 1. The van der Waals surface area contributed by atoms with E-state index in [4.69, 9.17) is 22.1 Å². The first-order valence-electron chi connectivity index (χ1n) is 7.96. The fourth-order valence-corrected chi connectivity index (χ4v) is 2.73. The van der Waals surface area contributed by atoms with Gasteiger partial charge >= 0.3 is 0 Å². The van der Waals surface area contributed by atoms with Gasteiger partial charge in [0.25, 0.3) is 0 Å². The second-order valence-corrected chi connectivity index (χ2v) is 6.08. The van der Waals surface area contributed by atoms with Gasteiger partial charge in [-0.2, -0.15) is 15.6 Å². The SMILES string of the molecule is Cc1nn(Cc2ccccc2Cl)c(C)c1C=CC(=O)N(CC#N)CC#N. The minimum atomic E-state index is -0.384. The van der Waals surface area contributed by atoms with E-state index in [2.05, 4.69) is 5.10 Å². The lowest BCUT2D eigenvalue weighted by Gasteiger charge is -2.12. The number of carbonyl (C=O) groups excluding carboxylic acids is 1. The smallest absolute Gasteiger partial charge is 0.248 e. The molecule has 0 atom stereocenters. The van der Waals surface area contributed by atoms with Gasteiger partial charge < -0.3 is 4.90 Å². The molecule has 0 aliphatic heterocycles. The van der Waals surface area contributed by atoms with Crippen molar-refractivity contribution < 1.29 is 4.79 Å². The monoisotopic (exact) mass is 367 g/mol. The summed E-state index contributed by atoms with van der Waals surface area (Å²) in [6, 6.07) is 11.3. The van der Waals surface area contributed by atoms with Gasteiger partial charge in [-0.3, -0.25) is 9.48 Å². The largest absolute Gasteiger partial charge is 0.313 e. The Morgan fingerprint density at radius 1 is 1.27 bits per heavy atom. The number of hydrogen-bond donors (Lipinski definition) is 0. The van der Waals surface area contributed by atoms with Gasteiger partial charge in [-0.1, -0.05) is 29.8 Å². The van der Waals surface area contributed by atoms with Gasteiger partial charge in [-0.15, -0.1) is 0 Å². The highest BCUT2D eigenvalue weighted by Gasteiger charge is 2.13. The van der Waals surface area contributed by atoms with Crippen LogP contribution in [0.4, 0.5) is 0 Å². The van der Waals surface area contributed by atoms with E-state index in [0.29, 0.717) is 11.6 Å². The molecule has 0 saturated carbocycles. The van der Waals surface area contributed by atoms with Crippen molar-refractivity contribution in [2.75, 3.05) is 13.1 Å². The first-order valence-corrected chi connectivity index (χ1v) is 8.34. The molecule has 0 unspecified atom stereocenters. The van der Waals surface area contributed by atoms with Gasteiger partial charge in [0, 0.05) is 22.4 Å². The fraction of sp³-hybridized carbons (Fsp3) is 0.263. The molecule has 7 heteroatoms. The van der Waals surface area contributed by atoms with Crippen LogP contribution >= 0.6 is 11.6 Å². The predicted octanol–water partition coefficient (Wildman–Crippen LogP) is 3.09. The van der Waals surface area contributed by atoms with Gasteiger partial charge in [0.2, 0.25) is 5.91 Å². The zero-order valence-corrected chi connectivity index (χ0v) is 15.4. The van der Waals surface area contributed by atoms with Crippen LogP contribution in [0.1, 0.15) is 22.5 Å². The van der Waals surface area contributed by atoms with Gasteiger partial charge in [0.15, 0.2) is 0 Å². The van der Waals surface area contributed by atoms with Crippen molar-refractivity contribution in [3.8, 4) is 12.1 Å². The average Bonchev–Trinajstić information content (AvgIpc) is 2.88. The highest BCUT2D eigenvalue weighted by atomic mass is 35.5. The Morgan fingerprint density at radius 2 is 1.92 bits per heavy atom. The van der Waals surface area contributed by atoms with E-state index in [9.17, 15) is 4.79 Å². The summed E-state index contributed by atoms with van der Waals surface area (Å²) < 4.78 is 1.84. The van der Waals surface area contributed by atoms with Crippen LogP contribution < -0.4 is 0 Å². The first-order chi connectivity index (χ1) is 12.5. The number of rotatable bonds is 6. The van der Waals surface area contributed by atoms with Crippen LogP contribution in [0, 0.1) is 36.5 Å². The van der Waals surface area contributed by atoms with E-state index in [0.717, 1.165) is 22.5 Å². The Bertz CT molecular complexity index is 901. The van der Waals surface area contributed by atoms with E-state index < -0.39 is 0 Å². The lowest BCUT2D eigenvalue weighted by molar-refractivity contribution is -0.124. The number of aromatic nitrogens is 2. The third-order valence-corrected chi connectivity index (χ3v) is 4.31. The van der Waals surface area contributed by atoms with Crippen LogP contribution in [0.5, 0.6) is 0 Å². The molecule has 132 valence electrons. The lowest BCUT2D eigenvalue weighted by atomic mass is 10.1. The molecule has 2 aromatic rings. The summed E-state index contributed by atoms with van der Waals surface area (Å²) in [6.07, 6.45) is 3.04. The molecular formula is C19H18ClN5O. The normalized spacial score (nSPS) is 10.5. The van der Waals surface area contributed by atoms with E-state index in [-0.39, 0.29) is 19.0 Å². The lowest BCUT2D eigenvalue weighted by Crippen LogP contribution is -2.30. The van der Waals surface area contributed by atoms with Gasteiger partial charge in [-0.05, 0) is 31.6 Å². The zero-order valence-electron chi connectivity index (χ0n) is 14.6. The summed E-state index contributed by atoms with van der Waals surface area (Å²) >= 11 is 6.21. The molecule has 0 aliphatic carbocycles. The van der Waals surface area contributed by atoms with Crippen molar-refractivity contribution in [3.63, 3.8) is 0 Å². The Morgan fingerprint density at radius 3 is 2.54 bits per heavy atom. The molecule has 0 N–H and O–H groups in total. The highest BCUT2D eigenvalue weighted by molar-refractivity contribution is 6.31. The van der Waals surface area contributed by atoms with Crippen molar-refractivity contribution in [2.45, 2.75) is 20.4 Å². The quantitative estimate of drug-likeness (QED) is 0.580. The average molecular weight is 368 g/mol. The fourth-order valence-electron chi connectivity index (χ4n) is 2.54. The molecule has 1 aromatic heterocycles. The molecule has 0 aliphatic rings. The minimum Gasteiger partial charge on any atom is -0.313 e. The Kier molecular flexibility index (Phi) is 6.54. The Balaban J connectivity index is 2.22. The molecule has 2 rings (SSSR count). The number of halogens is 1. The zero-order chi connectivity index (χ0) is 19.1. The van der Waals surface area contributed by atoms with Crippen LogP contribution in [0.15, 0.2) is 30.3 Å². The summed E-state index contributed by atoms with van der Waals surface area (Å²) in [6.45, 7) is 4.07. The summed E-state index contributed by atoms with van der Waals surface area (Å²) in [5.74, 6) is -0.384. The van der Waals surface area contributed by atoms with Crippen molar-refractivity contribution >= 4 is 23.6 Å². The van der Waals surface area contributed by atoms with Crippen molar-refractivity contribution in [3.05, 3.63) is 57.9 Å². The predicted molar refractivity (Wildman–Crippen MR) is 99.1 cm³/mol. The van der Waals surface area contributed by atoms with E-state index in [1.54, 1.807) is 6.08 Å². The number of amides is 1. The maximum atomic E-state index is 12.2. The number of hydrogen-bond acceptors (Lipinski definition) is 4. The highest BCUT2D eigenvalue weighted by Crippen LogP contribution is 2.20. The topological polar surface area (TPSA) is 85.7 Å². The first kappa shape index (κ1) is 19.2. The van der Waals surface area contributed by atoms with E-state index in [1.165, 1.54) is 11.0 Å². The van der Waals surface area contributed by atoms with Gasteiger partial charge in [0.05, 0.1) is 24.4 Å². The van der Waals surface area contributed by atoms with Crippen LogP contribution in [0.2, 0.25) is 5.02 Å². The maximum absolute atomic E-state index is 12.2. The van der Waals surface area contributed by atoms with Crippen LogP contribution in [0.25, 0.3) is 6.08 Å². The van der Waals surface area contributed by atoms with Gasteiger partial charge in [0.1, 0.15) is 13.1 Å². The minimum absolute atomic E-state index is 0.125. The van der Waals surface area contributed by atoms with E-state index in [1.807, 2.05) is 54.9 Å². The molecule has 0 fully saturated rings. The third kappa shape index (κ3) is 4.50. The number of aryl methyl sites for hydroxylation is 1. The Labute approximate surface area is 157 Å². The molecule has 0 radical (unpaired) electrons. The molecule has 0 bridgehead atoms. The molecule has 0 spiro atoms. The number of nitriles is 2. The molecule has 0 saturated heterocycles. The number of carbonyl (C=O) groups is 1. The maximum Gasteiger partial charge on any atom is 0.248 e. The summed E-state index contributed by atoms with van der Waals surface area (Å²) in [5, 5.41) is 22.7. The van der Waals surface area contributed by atoms with Crippen LogP contribution in [0.3, 0.4) is 0 Å². The Hall–Kier alpha value is -3.09. The molecule has 6 nitrogen and oxygen atoms in total. The molecule has 1 heterocycles. The summed E-state index contributed by atoms with van der Waals surface area (Å²) in [5.41, 5.74) is 3.48. The van der Waals surface area contributed by atoms with Crippen molar-refractivity contribution in [1.82, 2.24) is 14.7 Å². The summed E-state index contributed by atoms with van der Waals surface area (Å²) in [4.78, 5) is 13.3. The van der Waals surface area contributed by atoms with Crippen molar-refractivity contribution in [1.29, 1.82) is 10.5 Å². The molecule has 1 amide bonds. The molecule has 26 heavy (non-hydrogen) atoms. The standard InChI is InChI=1S/C19H18ClN5O/c1-14-17(7-8-19(26)24(11-9-21)12-10-22)15(2)25(23-14)13-16-5-3-4-6-18(16)20/h3-8H,11-13H2,1-2H3. The molecule has 1 aromatic carbocycles. The van der Waals surface area contributed by atoms with E-state index >= 15 is 0 Å². The third-order valence-electron chi connectivity index (χ3n) is 3.94. The van der Waals surface area contributed by atoms with Crippen LogP contribution in [-0.4, -0.2) is 33.7 Å². The second kappa shape index (κ2) is 8.84. The second-order valence-electron chi connectivity index (χ2n) is 5.68. The van der Waals surface area contributed by atoms with Crippen LogP contribution in [-0.2, 0) is 11.3 Å². The summed E-state index contributed by atoms with van der Waals surface area (Å²) in [7, 11) is 0. The van der Waals surface area contributed by atoms with Gasteiger partial charge in [-0.25, -0.2) is 0 Å². The molecular weight excluding hydrogens is 350 g/mol. The number of nitrogens with zero attached hydrogens (tertiary/aromatic N) is 5. The van der Waals surface area contributed by atoms with Crippen molar-refractivity contribution in [2.24, 2.45) is 0 Å².